The second-order valence-corrected chi connectivity index (χ2v) is 10.2. The first-order chi connectivity index (χ1) is 17.3. The van der Waals surface area contributed by atoms with Gasteiger partial charge in [0.1, 0.15) is 12.4 Å². The Bertz CT molecular complexity index is 1040. The van der Waals surface area contributed by atoms with Gasteiger partial charge in [0.05, 0.1) is 11.7 Å². The van der Waals surface area contributed by atoms with Gasteiger partial charge in [-0.1, -0.05) is 25.1 Å². The predicted octanol–water partition coefficient (Wildman–Crippen LogP) is 4.55. The first-order valence-electron chi connectivity index (χ1n) is 12.8. The summed E-state index contributed by atoms with van der Waals surface area (Å²) in [6.45, 7) is 7.23. The van der Waals surface area contributed by atoms with Crippen molar-refractivity contribution < 1.29 is 19.1 Å². The molecule has 1 fully saturated rings. The van der Waals surface area contributed by atoms with Gasteiger partial charge in [0.2, 0.25) is 0 Å². The minimum absolute atomic E-state index is 0.0701. The SMILES string of the molecule is CO[C@@H]1CN(C)C(=O)c2ccc(NC(=O)Nc3ccccc3)cc2OC[C@H](C)N(CC2CC2)C[C@@H]1C. The van der Waals surface area contributed by atoms with E-state index in [1.54, 1.807) is 37.3 Å². The van der Waals surface area contributed by atoms with Gasteiger partial charge in [0.15, 0.2) is 0 Å². The number of ether oxygens (including phenoxy) is 2. The lowest BCUT2D eigenvalue weighted by Gasteiger charge is -2.36. The summed E-state index contributed by atoms with van der Waals surface area (Å²) >= 11 is 0. The minimum Gasteiger partial charge on any atom is -0.491 e. The quantitative estimate of drug-likeness (QED) is 0.637. The Balaban J connectivity index is 1.56. The fourth-order valence-corrected chi connectivity index (χ4v) is 4.63. The van der Waals surface area contributed by atoms with E-state index in [2.05, 4.69) is 29.4 Å². The average Bonchev–Trinajstić information content (AvgIpc) is 3.69. The van der Waals surface area contributed by atoms with E-state index in [0.29, 0.717) is 35.8 Å². The van der Waals surface area contributed by atoms with Gasteiger partial charge in [-0.3, -0.25) is 9.69 Å². The van der Waals surface area contributed by atoms with Gasteiger partial charge >= 0.3 is 6.03 Å². The number of anilines is 2. The summed E-state index contributed by atoms with van der Waals surface area (Å²) in [5, 5.41) is 5.65. The molecule has 3 atom stereocenters. The number of benzene rings is 2. The summed E-state index contributed by atoms with van der Waals surface area (Å²) in [4.78, 5) is 30.1. The normalized spacial score (nSPS) is 23.6. The molecule has 0 aromatic heterocycles. The number of nitrogens with zero attached hydrogens (tertiary/aromatic N) is 2. The Kier molecular flexibility index (Phi) is 8.48. The topological polar surface area (TPSA) is 83.1 Å². The van der Waals surface area contributed by atoms with Crippen LogP contribution in [0, 0.1) is 11.8 Å². The van der Waals surface area contributed by atoms with Crippen molar-refractivity contribution in [3.8, 4) is 5.75 Å². The second kappa shape index (κ2) is 11.8. The number of hydrogen-bond acceptors (Lipinski definition) is 5. The van der Waals surface area contributed by atoms with Gasteiger partial charge in [0.25, 0.3) is 5.91 Å². The summed E-state index contributed by atoms with van der Waals surface area (Å²) in [5.74, 6) is 1.34. The van der Waals surface area contributed by atoms with Gasteiger partial charge < -0.3 is 25.0 Å². The fraction of sp³-hybridized carbons (Fsp3) is 0.500. The molecular formula is C28H38N4O4. The van der Waals surface area contributed by atoms with Crippen LogP contribution in [0.3, 0.4) is 0 Å². The molecule has 0 radical (unpaired) electrons. The summed E-state index contributed by atoms with van der Waals surface area (Å²) in [6.07, 6.45) is 2.50. The van der Waals surface area contributed by atoms with Crippen molar-refractivity contribution in [2.75, 3.05) is 51.0 Å². The van der Waals surface area contributed by atoms with Crippen LogP contribution in [-0.4, -0.2) is 74.3 Å². The van der Waals surface area contributed by atoms with Crippen molar-refractivity contribution in [3.05, 3.63) is 54.1 Å². The molecule has 1 aliphatic heterocycles. The Hall–Kier alpha value is -3.10. The summed E-state index contributed by atoms with van der Waals surface area (Å²) in [6, 6.07) is 14.2. The molecule has 2 aliphatic rings. The Labute approximate surface area is 213 Å². The van der Waals surface area contributed by atoms with E-state index in [1.807, 2.05) is 30.3 Å². The molecule has 2 aromatic carbocycles. The third-order valence-electron chi connectivity index (χ3n) is 7.05. The van der Waals surface area contributed by atoms with E-state index in [0.717, 1.165) is 19.0 Å². The standard InChI is InChI=1S/C28H38N4O4/c1-19-15-32(16-21-10-11-21)20(2)18-36-25-14-23(30-28(34)29-22-8-6-5-7-9-22)12-13-24(25)27(33)31(3)17-26(19)35-4/h5-9,12-14,19-21,26H,10-11,15-18H2,1-4H3,(H2,29,30,34)/t19-,20-,26+/m0/s1. The highest BCUT2D eigenvalue weighted by atomic mass is 16.5. The van der Waals surface area contributed by atoms with Crippen molar-refractivity contribution >= 4 is 23.3 Å². The van der Waals surface area contributed by atoms with Crippen LogP contribution in [0.25, 0.3) is 0 Å². The lowest BCUT2D eigenvalue weighted by atomic mass is 10.0. The lowest BCUT2D eigenvalue weighted by molar-refractivity contribution is 0.00994. The van der Waals surface area contributed by atoms with Crippen LogP contribution in [0.4, 0.5) is 16.2 Å². The van der Waals surface area contributed by atoms with Crippen LogP contribution in [0.15, 0.2) is 48.5 Å². The van der Waals surface area contributed by atoms with Crippen LogP contribution in [0.5, 0.6) is 5.75 Å². The summed E-state index contributed by atoms with van der Waals surface area (Å²) < 4.78 is 12.1. The lowest BCUT2D eigenvalue weighted by Crippen LogP contribution is -2.47. The van der Waals surface area contributed by atoms with Gasteiger partial charge in [-0.2, -0.15) is 0 Å². The van der Waals surface area contributed by atoms with Crippen molar-refractivity contribution in [3.63, 3.8) is 0 Å². The van der Waals surface area contributed by atoms with Gasteiger partial charge in [-0.15, -0.1) is 0 Å². The molecule has 1 heterocycles. The number of urea groups is 1. The van der Waals surface area contributed by atoms with E-state index in [4.69, 9.17) is 9.47 Å². The largest absolute Gasteiger partial charge is 0.491 e. The smallest absolute Gasteiger partial charge is 0.323 e. The maximum absolute atomic E-state index is 13.4. The predicted molar refractivity (Wildman–Crippen MR) is 142 cm³/mol. The van der Waals surface area contributed by atoms with Crippen molar-refractivity contribution in [2.45, 2.75) is 38.8 Å². The van der Waals surface area contributed by atoms with Crippen molar-refractivity contribution in [1.29, 1.82) is 0 Å². The van der Waals surface area contributed by atoms with E-state index in [-0.39, 0.29) is 30.0 Å². The Morgan fingerprint density at radius 1 is 1.06 bits per heavy atom. The number of amides is 3. The van der Waals surface area contributed by atoms with E-state index in [1.165, 1.54) is 12.8 Å². The van der Waals surface area contributed by atoms with Crippen LogP contribution < -0.4 is 15.4 Å². The first-order valence-corrected chi connectivity index (χ1v) is 12.8. The van der Waals surface area contributed by atoms with E-state index >= 15 is 0 Å². The molecule has 3 amide bonds. The monoisotopic (exact) mass is 494 g/mol. The second-order valence-electron chi connectivity index (χ2n) is 10.2. The maximum atomic E-state index is 13.4. The van der Waals surface area contributed by atoms with Crippen LogP contribution >= 0.6 is 0 Å². The molecule has 1 saturated carbocycles. The number of carbonyl (C=O) groups excluding carboxylic acids is 2. The number of likely N-dealkylation sites (N-methyl/N-ethyl adjacent to an activating group) is 1. The Morgan fingerprint density at radius 2 is 1.78 bits per heavy atom. The van der Waals surface area contributed by atoms with Crippen molar-refractivity contribution in [2.24, 2.45) is 11.8 Å². The van der Waals surface area contributed by atoms with Crippen molar-refractivity contribution in [1.82, 2.24) is 9.80 Å². The van der Waals surface area contributed by atoms with Crippen LogP contribution in [-0.2, 0) is 4.74 Å². The van der Waals surface area contributed by atoms with E-state index < -0.39 is 0 Å². The molecule has 0 unspecified atom stereocenters. The number of carbonyl (C=O) groups is 2. The van der Waals surface area contributed by atoms with Crippen LogP contribution in [0.2, 0.25) is 0 Å². The number of fused-ring (bicyclic) bond motifs is 1. The zero-order valence-electron chi connectivity index (χ0n) is 21.7. The highest BCUT2D eigenvalue weighted by molar-refractivity contribution is 6.01. The third kappa shape index (κ3) is 6.77. The molecule has 2 N–H and O–H groups in total. The number of methoxy groups -OCH3 is 1. The highest BCUT2D eigenvalue weighted by Gasteiger charge is 2.31. The Morgan fingerprint density at radius 3 is 2.47 bits per heavy atom. The molecule has 0 spiro atoms. The minimum atomic E-state index is -0.362. The first kappa shape index (κ1) is 26.0. The molecule has 0 bridgehead atoms. The van der Waals surface area contributed by atoms with Crippen LogP contribution in [0.1, 0.15) is 37.0 Å². The molecule has 4 rings (SSSR count). The number of rotatable bonds is 5. The van der Waals surface area contributed by atoms with Gasteiger partial charge in [0, 0.05) is 57.3 Å². The van der Waals surface area contributed by atoms with Gasteiger partial charge in [-0.05, 0) is 55.9 Å². The molecule has 194 valence electrons. The third-order valence-corrected chi connectivity index (χ3v) is 7.05. The highest BCUT2D eigenvalue weighted by Crippen LogP contribution is 2.32. The molecule has 36 heavy (non-hydrogen) atoms. The maximum Gasteiger partial charge on any atom is 0.323 e. The number of para-hydroxylation sites is 1. The molecule has 0 saturated heterocycles. The fourth-order valence-electron chi connectivity index (χ4n) is 4.63. The zero-order valence-corrected chi connectivity index (χ0v) is 21.7. The molecule has 8 heteroatoms. The van der Waals surface area contributed by atoms with Gasteiger partial charge in [-0.25, -0.2) is 4.79 Å². The summed E-state index contributed by atoms with van der Waals surface area (Å²) in [5.41, 5.74) is 1.71. The number of nitrogens with one attached hydrogen (secondary N) is 2. The number of hydrogen-bond donors (Lipinski definition) is 2. The molecular weight excluding hydrogens is 456 g/mol. The average molecular weight is 495 g/mol. The molecule has 2 aromatic rings. The molecule has 8 nitrogen and oxygen atoms in total. The summed E-state index contributed by atoms with van der Waals surface area (Å²) in [7, 11) is 3.51. The molecule has 1 aliphatic carbocycles. The van der Waals surface area contributed by atoms with E-state index in [9.17, 15) is 9.59 Å². The zero-order chi connectivity index (χ0) is 25.7.